The highest BCUT2D eigenvalue weighted by atomic mass is 32.1. The molecular weight excluding hydrogens is 368 g/mol. The van der Waals surface area contributed by atoms with Crippen molar-refractivity contribution in [3.63, 3.8) is 0 Å². The number of hydrogen-bond acceptors (Lipinski definition) is 1. The minimum absolute atomic E-state index is 1.20. The van der Waals surface area contributed by atoms with Crippen molar-refractivity contribution in [3.8, 4) is 0 Å². The summed E-state index contributed by atoms with van der Waals surface area (Å²) in [7, 11) is 0. The van der Waals surface area contributed by atoms with Crippen LogP contribution >= 0.6 is 11.3 Å². The number of unbranched alkanes of at least 4 members (excludes halogenated alkanes) is 3. The SMILES string of the molecule is CCCCCCc1ccc2cc3c(cc2c1)sc1cc2cc(C)c(C)cc2cc13. The summed E-state index contributed by atoms with van der Waals surface area (Å²) in [5.74, 6) is 0. The molecule has 0 nitrogen and oxygen atoms in total. The molecule has 0 saturated heterocycles. The van der Waals surface area contributed by atoms with Crippen LogP contribution in [0.15, 0.2) is 54.6 Å². The Labute approximate surface area is 177 Å². The summed E-state index contributed by atoms with van der Waals surface area (Å²) in [5.41, 5.74) is 4.22. The lowest BCUT2D eigenvalue weighted by Crippen LogP contribution is -1.86. The van der Waals surface area contributed by atoms with E-state index >= 15 is 0 Å². The van der Waals surface area contributed by atoms with Crippen molar-refractivity contribution in [1.29, 1.82) is 0 Å². The molecule has 0 amide bonds. The highest BCUT2D eigenvalue weighted by Gasteiger charge is 2.09. The van der Waals surface area contributed by atoms with Crippen molar-refractivity contribution in [1.82, 2.24) is 0 Å². The Kier molecular flexibility index (Phi) is 4.80. The van der Waals surface area contributed by atoms with Crippen LogP contribution in [0, 0.1) is 13.8 Å². The molecule has 0 N–H and O–H groups in total. The maximum absolute atomic E-state index is 2.41. The zero-order valence-electron chi connectivity index (χ0n) is 17.6. The van der Waals surface area contributed by atoms with E-state index in [0.717, 1.165) is 0 Å². The fourth-order valence-electron chi connectivity index (χ4n) is 4.50. The molecule has 0 aliphatic carbocycles. The van der Waals surface area contributed by atoms with Crippen LogP contribution in [0.4, 0.5) is 0 Å². The van der Waals surface area contributed by atoms with E-state index in [0.29, 0.717) is 0 Å². The van der Waals surface area contributed by atoms with Crippen LogP contribution in [0.25, 0.3) is 41.7 Å². The van der Waals surface area contributed by atoms with E-state index in [-0.39, 0.29) is 0 Å². The van der Waals surface area contributed by atoms with Crippen molar-refractivity contribution in [3.05, 3.63) is 71.3 Å². The molecule has 0 spiro atoms. The Morgan fingerprint density at radius 2 is 1.24 bits per heavy atom. The predicted molar refractivity (Wildman–Crippen MR) is 132 cm³/mol. The third-order valence-electron chi connectivity index (χ3n) is 6.38. The second-order valence-electron chi connectivity index (χ2n) is 8.57. The summed E-state index contributed by atoms with van der Waals surface area (Å²) in [6.07, 6.45) is 6.50. The van der Waals surface area contributed by atoms with Crippen LogP contribution in [-0.4, -0.2) is 0 Å². The summed E-state index contributed by atoms with van der Waals surface area (Å²) < 4.78 is 2.80. The largest absolute Gasteiger partial charge is 0.135 e. The molecule has 0 aliphatic rings. The molecule has 146 valence electrons. The van der Waals surface area contributed by atoms with Gasteiger partial charge in [-0.15, -0.1) is 11.3 Å². The Bertz CT molecular complexity index is 1350. The van der Waals surface area contributed by atoms with Crippen LogP contribution in [0.1, 0.15) is 49.3 Å². The third kappa shape index (κ3) is 3.42. The quantitative estimate of drug-likeness (QED) is 0.260. The van der Waals surface area contributed by atoms with Crippen molar-refractivity contribution in [2.45, 2.75) is 52.9 Å². The Morgan fingerprint density at radius 3 is 1.93 bits per heavy atom. The van der Waals surface area contributed by atoms with Crippen LogP contribution in [-0.2, 0) is 6.42 Å². The summed E-state index contributed by atoms with van der Waals surface area (Å²) >= 11 is 1.93. The van der Waals surface area contributed by atoms with Gasteiger partial charge in [0.1, 0.15) is 0 Å². The molecule has 29 heavy (non-hydrogen) atoms. The zero-order valence-corrected chi connectivity index (χ0v) is 18.5. The lowest BCUT2D eigenvalue weighted by molar-refractivity contribution is 0.667. The molecule has 0 aliphatic heterocycles. The number of rotatable bonds is 5. The van der Waals surface area contributed by atoms with E-state index in [1.54, 1.807) is 0 Å². The van der Waals surface area contributed by atoms with Gasteiger partial charge in [-0.1, -0.05) is 56.5 Å². The van der Waals surface area contributed by atoms with Crippen LogP contribution < -0.4 is 0 Å². The maximum Gasteiger partial charge on any atom is 0.0361 e. The number of thiophene rings is 1. The fourth-order valence-corrected chi connectivity index (χ4v) is 5.67. The Hall–Kier alpha value is -2.38. The van der Waals surface area contributed by atoms with Gasteiger partial charge in [-0.05, 0) is 89.2 Å². The van der Waals surface area contributed by atoms with Gasteiger partial charge in [0, 0.05) is 20.2 Å². The molecule has 1 aromatic heterocycles. The molecule has 0 unspecified atom stereocenters. The lowest BCUT2D eigenvalue weighted by Gasteiger charge is -2.05. The van der Waals surface area contributed by atoms with Gasteiger partial charge in [0.05, 0.1) is 0 Å². The van der Waals surface area contributed by atoms with Gasteiger partial charge >= 0.3 is 0 Å². The third-order valence-corrected chi connectivity index (χ3v) is 7.50. The average Bonchev–Trinajstić information content (AvgIpc) is 3.05. The van der Waals surface area contributed by atoms with E-state index in [4.69, 9.17) is 0 Å². The van der Waals surface area contributed by atoms with E-state index in [1.807, 2.05) is 11.3 Å². The predicted octanol–water partition coefficient (Wildman–Crippen LogP) is 9.10. The minimum Gasteiger partial charge on any atom is -0.135 e. The summed E-state index contributed by atoms with van der Waals surface area (Å²) in [5, 5.41) is 8.23. The van der Waals surface area contributed by atoms with Crippen LogP contribution in [0.5, 0.6) is 0 Å². The van der Waals surface area contributed by atoms with Gasteiger partial charge in [-0.2, -0.15) is 0 Å². The van der Waals surface area contributed by atoms with Crippen LogP contribution in [0.2, 0.25) is 0 Å². The fraction of sp³-hybridized carbons (Fsp3) is 0.286. The first-order valence-corrected chi connectivity index (χ1v) is 11.7. The molecular formula is C28H28S. The first kappa shape index (κ1) is 18.6. The van der Waals surface area contributed by atoms with Crippen molar-refractivity contribution >= 4 is 53.1 Å². The smallest absolute Gasteiger partial charge is 0.0361 e. The topological polar surface area (TPSA) is 0 Å². The Balaban J connectivity index is 1.61. The van der Waals surface area contributed by atoms with Gasteiger partial charge in [0.15, 0.2) is 0 Å². The molecule has 1 heterocycles. The molecule has 0 radical (unpaired) electrons. The number of aryl methyl sites for hydroxylation is 3. The molecule has 1 heteroatoms. The van der Waals surface area contributed by atoms with Crippen molar-refractivity contribution in [2.24, 2.45) is 0 Å². The van der Waals surface area contributed by atoms with Gasteiger partial charge in [-0.25, -0.2) is 0 Å². The normalized spacial score (nSPS) is 12.0. The number of benzene rings is 4. The first-order chi connectivity index (χ1) is 14.1. The van der Waals surface area contributed by atoms with Gasteiger partial charge in [-0.3, -0.25) is 0 Å². The summed E-state index contributed by atoms with van der Waals surface area (Å²) in [6, 6.07) is 21.3. The zero-order chi connectivity index (χ0) is 20.0. The highest BCUT2D eigenvalue weighted by molar-refractivity contribution is 7.26. The summed E-state index contributed by atoms with van der Waals surface area (Å²) in [6.45, 7) is 6.69. The van der Waals surface area contributed by atoms with E-state index < -0.39 is 0 Å². The molecule has 0 saturated carbocycles. The number of hydrogen-bond donors (Lipinski definition) is 0. The van der Waals surface area contributed by atoms with Crippen molar-refractivity contribution in [2.75, 3.05) is 0 Å². The molecule has 4 aromatic carbocycles. The van der Waals surface area contributed by atoms with E-state index in [1.165, 1.54) is 90.5 Å². The molecule has 5 aromatic rings. The molecule has 0 bridgehead atoms. The Morgan fingerprint density at radius 1 is 0.621 bits per heavy atom. The van der Waals surface area contributed by atoms with E-state index in [9.17, 15) is 0 Å². The van der Waals surface area contributed by atoms with Gasteiger partial charge in [0.2, 0.25) is 0 Å². The second kappa shape index (κ2) is 7.46. The monoisotopic (exact) mass is 396 g/mol. The standard InChI is InChI=1S/C28H28S/c1-4-5-6-7-8-20-9-10-21-14-25-26-15-22-11-18(2)19(3)12-23(22)16-27(26)29-28(25)17-24(21)13-20/h9-17H,4-8H2,1-3H3. The second-order valence-corrected chi connectivity index (χ2v) is 9.66. The molecule has 0 atom stereocenters. The highest BCUT2D eigenvalue weighted by Crippen LogP contribution is 2.39. The van der Waals surface area contributed by atoms with E-state index in [2.05, 4.69) is 75.4 Å². The average molecular weight is 397 g/mol. The number of fused-ring (bicyclic) bond motifs is 5. The van der Waals surface area contributed by atoms with Gasteiger partial charge in [0.25, 0.3) is 0 Å². The van der Waals surface area contributed by atoms with Crippen molar-refractivity contribution < 1.29 is 0 Å². The van der Waals surface area contributed by atoms with Crippen LogP contribution in [0.3, 0.4) is 0 Å². The summed E-state index contributed by atoms with van der Waals surface area (Å²) in [4.78, 5) is 0. The van der Waals surface area contributed by atoms with Gasteiger partial charge < -0.3 is 0 Å². The minimum atomic E-state index is 1.20. The first-order valence-electron chi connectivity index (χ1n) is 10.9. The maximum atomic E-state index is 2.41. The lowest BCUT2D eigenvalue weighted by atomic mass is 9.99. The molecule has 0 fully saturated rings. The molecule has 5 rings (SSSR count).